The number of allylic oxidation sites excluding steroid dienone is 2. The lowest BCUT2D eigenvalue weighted by atomic mass is 10.1. The van der Waals surface area contributed by atoms with Gasteiger partial charge in [-0.15, -0.1) is 0 Å². The lowest BCUT2D eigenvalue weighted by Crippen LogP contribution is -2.30. The lowest BCUT2D eigenvalue weighted by molar-refractivity contribution is -0.167. The van der Waals surface area contributed by atoms with Crippen LogP contribution in [0.25, 0.3) is 6.08 Å². The number of carbonyl (C=O) groups is 1. The molecule has 18 heavy (non-hydrogen) atoms. The van der Waals surface area contributed by atoms with Crippen LogP contribution < -0.4 is 5.32 Å². The zero-order valence-corrected chi connectivity index (χ0v) is 9.85. The van der Waals surface area contributed by atoms with E-state index in [0.717, 1.165) is 0 Å². The van der Waals surface area contributed by atoms with E-state index in [-0.39, 0.29) is 5.69 Å². The van der Waals surface area contributed by atoms with Crippen molar-refractivity contribution in [2.24, 2.45) is 0 Å². The van der Waals surface area contributed by atoms with Crippen molar-refractivity contribution in [2.45, 2.75) is 6.18 Å². The molecular formula is C12H9ClF3NO. The smallest absolute Gasteiger partial charge is 0.318 e. The normalized spacial score (nSPS) is 11.6. The van der Waals surface area contributed by atoms with E-state index in [9.17, 15) is 18.0 Å². The summed E-state index contributed by atoms with van der Waals surface area (Å²) in [5.41, 5.74) is 0.389. The first-order valence-electron chi connectivity index (χ1n) is 4.81. The van der Waals surface area contributed by atoms with Crippen LogP contribution in [-0.2, 0) is 4.79 Å². The molecule has 1 amide bonds. The minimum Gasteiger partial charge on any atom is -0.318 e. The zero-order valence-electron chi connectivity index (χ0n) is 9.09. The van der Waals surface area contributed by atoms with Gasteiger partial charge in [0.25, 0.3) is 0 Å². The molecule has 0 atom stereocenters. The number of benzene rings is 1. The van der Waals surface area contributed by atoms with Crippen molar-refractivity contribution in [3.05, 3.63) is 47.5 Å². The van der Waals surface area contributed by atoms with Crippen molar-refractivity contribution in [1.29, 1.82) is 0 Å². The molecule has 1 N–H and O–H groups in total. The quantitative estimate of drug-likeness (QED) is 0.829. The molecule has 0 unspecified atom stereocenters. The van der Waals surface area contributed by atoms with Crippen molar-refractivity contribution in [3.8, 4) is 0 Å². The van der Waals surface area contributed by atoms with Crippen molar-refractivity contribution < 1.29 is 18.0 Å². The summed E-state index contributed by atoms with van der Waals surface area (Å²) in [4.78, 5) is 10.8. The number of anilines is 1. The Bertz CT molecular complexity index is 495. The number of amides is 1. The predicted molar refractivity (Wildman–Crippen MR) is 65.4 cm³/mol. The fourth-order valence-electron chi connectivity index (χ4n) is 1.15. The number of halogens is 4. The van der Waals surface area contributed by atoms with Crippen LogP contribution in [0.1, 0.15) is 5.56 Å². The number of carbonyl (C=O) groups excluding carboxylic acids is 1. The Morgan fingerprint density at radius 1 is 1.39 bits per heavy atom. The van der Waals surface area contributed by atoms with Gasteiger partial charge in [0, 0.05) is 10.7 Å². The summed E-state index contributed by atoms with van der Waals surface area (Å²) in [6.45, 7) is 3.44. The Hall–Kier alpha value is -1.75. The molecular weight excluding hydrogens is 267 g/mol. The molecule has 0 saturated heterocycles. The Morgan fingerprint density at radius 3 is 2.61 bits per heavy atom. The number of hydrogen-bond donors (Lipinski definition) is 1. The first-order valence-corrected chi connectivity index (χ1v) is 5.19. The third-order valence-corrected chi connectivity index (χ3v) is 2.17. The summed E-state index contributed by atoms with van der Waals surface area (Å²) in [7, 11) is 0. The van der Waals surface area contributed by atoms with Gasteiger partial charge in [0.1, 0.15) is 0 Å². The average molecular weight is 276 g/mol. The van der Waals surface area contributed by atoms with Crippen LogP contribution in [0, 0.1) is 0 Å². The molecule has 0 fully saturated rings. The van der Waals surface area contributed by atoms with Gasteiger partial charge < -0.3 is 5.32 Å². The Labute approximate surface area is 107 Å². The molecule has 0 radical (unpaired) electrons. The SMILES string of the molecule is C=C/C=C\c1cc(Cl)ccc1NC(=O)C(F)(F)F. The molecule has 96 valence electrons. The molecule has 0 aromatic heterocycles. The maximum Gasteiger partial charge on any atom is 0.471 e. The molecule has 1 aromatic rings. The zero-order chi connectivity index (χ0) is 13.8. The maximum atomic E-state index is 12.1. The standard InChI is InChI=1S/C12H9ClF3NO/c1-2-3-4-8-7-9(13)5-6-10(8)17-11(18)12(14,15)16/h2-7H,1H2,(H,17,18)/b4-3-. The van der Waals surface area contributed by atoms with Gasteiger partial charge in [0.05, 0.1) is 0 Å². The van der Waals surface area contributed by atoms with E-state index in [1.54, 1.807) is 5.32 Å². The largest absolute Gasteiger partial charge is 0.471 e. The molecule has 0 aliphatic heterocycles. The number of hydrogen-bond acceptors (Lipinski definition) is 1. The Balaban J connectivity index is 3.05. The van der Waals surface area contributed by atoms with E-state index in [1.807, 2.05) is 0 Å². The van der Waals surface area contributed by atoms with Gasteiger partial charge in [-0.1, -0.05) is 36.4 Å². The van der Waals surface area contributed by atoms with E-state index in [4.69, 9.17) is 11.6 Å². The Kier molecular flexibility index (Phi) is 4.55. The molecule has 0 saturated carbocycles. The minimum absolute atomic E-state index is 0.0276. The maximum absolute atomic E-state index is 12.1. The second-order valence-corrected chi connectivity index (χ2v) is 3.71. The third-order valence-electron chi connectivity index (χ3n) is 1.93. The van der Waals surface area contributed by atoms with Crippen LogP contribution in [0.15, 0.2) is 36.9 Å². The number of alkyl halides is 3. The summed E-state index contributed by atoms with van der Waals surface area (Å²) in [5, 5.41) is 2.13. The van der Waals surface area contributed by atoms with Crippen LogP contribution >= 0.6 is 11.6 Å². The molecule has 0 spiro atoms. The van der Waals surface area contributed by atoms with Crippen LogP contribution in [0.2, 0.25) is 5.02 Å². The van der Waals surface area contributed by atoms with Crippen molar-refractivity contribution in [1.82, 2.24) is 0 Å². The molecule has 2 nitrogen and oxygen atoms in total. The van der Waals surface area contributed by atoms with Gasteiger partial charge in [-0.3, -0.25) is 4.79 Å². The fourth-order valence-corrected chi connectivity index (χ4v) is 1.33. The van der Waals surface area contributed by atoms with E-state index < -0.39 is 12.1 Å². The van der Waals surface area contributed by atoms with Gasteiger partial charge in [0.15, 0.2) is 0 Å². The fraction of sp³-hybridized carbons (Fsp3) is 0.0833. The van der Waals surface area contributed by atoms with Crippen LogP contribution in [0.5, 0.6) is 0 Å². The lowest BCUT2D eigenvalue weighted by Gasteiger charge is -2.10. The first kappa shape index (κ1) is 14.3. The van der Waals surface area contributed by atoms with Gasteiger partial charge in [0.2, 0.25) is 0 Å². The molecule has 0 aliphatic carbocycles. The summed E-state index contributed by atoms with van der Waals surface area (Å²) in [5.74, 6) is -2.03. The highest BCUT2D eigenvalue weighted by Gasteiger charge is 2.38. The van der Waals surface area contributed by atoms with E-state index >= 15 is 0 Å². The van der Waals surface area contributed by atoms with Crippen molar-refractivity contribution in [2.75, 3.05) is 5.32 Å². The molecule has 0 bridgehead atoms. The molecule has 0 aliphatic rings. The highest BCUT2D eigenvalue weighted by Crippen LogP contribution is 2.24. The second kappa shape index (κ2) is 5.73. The summed E-state index contributed by atoms with van der Waals surface area (Å²) >= 11 is 5.73. The third kappa shape index (κ3) is 3.92. The van der Waals surface area contributed by atoms with Crippen LogP contribution in [0.4, 0.5) is 18.9 Å². The van der Waals surface area contributed by atoms with Crippen molar-refractivity contribution in [3.63, 3.8) is 0 Å². The van der Waals surface area contributed by atoms with E-state index in [1.165, 1.54) is 36.4 Å². The minimum atomic E-state index is -4.93. The molecule has 0 heterocycles. The van der Waals surface area contributed by atoms with Gasteiger partial charge in [-0.2, -0.15) is 13.2 Å². The second-order valence-electron chi connectivity index (χ2n) is 3.28. The number of nitrogens with one attached hydrogen (secondary N) is 1. The predicted octanol–water partition coefficient (Wildman–Crippen LogP) is 4.04. The Morgan fingerprint density at radius 2 is 2.06 bits per heavy atom. The van der Waals surface area contributed by atoms with Gasteiger partial charge in [-0.25, -0.2) is 0 Å². The molecule has 1 rings (SSSR count). The van der Waals surface area contributed by atoms with Gasteiger partial charge >= 0.3 is 12.1 Å². The molecule has 6 heteroatoms. The van der Waals surface area contributed by atoms with E-state index in [2.05, 4.69) is 6.58 Å². The topological polar surface area (TPSA) is 29.1 Å². The summed E-state index contributed by atoms with van der Waals surface area (Å²) in [6.07, 6.45) is -0.463. The van der Waals surface area contributed by atoms with Crippen LogP contribution in [0.3, 0.4) is 0 Å². The van der Waals surface area contributed by atoms with E-state index in [0.29, 0.717) is 10.6 Å². The summed E-state index contributed by atoms with van der Waals surface area (Å²) < 4.78 is 36.4. The highest BCUT2D eigenvalue weighted by molar-refractivity contribution is 6.30. The van der Waals surface area contributed by atoms with Crippen molar-refractivity contribution >= 4 is 29.3 Å². The number of rotatable bonds is 3. The molecule has 1 aromatic carbocycles. The monoisotopic (exact) mass is 275 g/mol. The highest BCUT2D eigenvalue weighted by atomic mass is 35.5. The van der Waals surface area contributed by atoms with Gasteiger partial charge in [-0.05, 0) is 23.8 Å². The van der Waals surface area contributed by atoms with Crippen LogP contribution in [-0.4, -0.2) is 12.1 Å². The first-order chi connectivity index (χ1) is 8.34. The summed E-state index contributed by atoms with van der Waals surface area (Å²) in [6, 6.07) is 4.13. The average Bonchev–Trinajstić information content (AvgIpc) is 2.28.